The Labute approximate surface area is 170 Å². The van der Waals surface area contributed by atoms with Crippen LogP contribution in [0.15, 0.2) is 53.5 Å². The van der Waals surface area contributed by atoms with Gasteiger partial charge in [-0.15, -0.1) is 11.3 Å². The van der Waals surface area contributed by atoms with Gasteiger partial charge < -0.3 is 10.2 Å². The van der Waals surface area contributed by atoms with Gasteiger partial charge in [-0.2, -0.15) is 0 Å². The summed E-state index contributed by atoms with van der Waals surface area (Å²) in [4.78, 5) is 27.3. The number of phenols is 1. The number of thiophene rings is 1. The van der Waals surface area contributed by atoms with E-state index in [9.17, 15) is 25.1 Å². The van der Waals surface area contributed by atoms with E-state index >= 15 is 0 Å². The summed E-state index contributed by atoms with van der Waals surface area (Å²) < 4.78 is 0. The maximum atomic E-state index is 11.8. The fraction of sp³-hybridized carbons (Fsp3) is 0.143. The fourth-order valence-electron chi connectivity index (χ4n) is 3.05. The zero-order valence-corrected chi connectivity index (χ0v) is 16.5. The monoisotopic (exact) mass is 410 g/mol. The number of hydrogen-bond acceptors (Lipinski definition) is 6. The summed E-state index contributed by atoms with van der Waals surface area (Å²) in [7, 11) is 0. The average molecular weight is 410 g/mol. The van der Waals surface area contributed by atoms with Crippen molar-refractivity contribution in [1.29, 1.82) is 0 Å². The van der Waals surface area contributed by atoms with E-state index in [1.54, 1.807) is 6.92 Å². The van der Waals surface area contributed by atoms with Crippen molar-refractivity contribution in [3.63, 3.8) is 0 Å². The molecule has 3 rings (SSSR count). The third-order valence-corrected chi connectivity index (χ3v) is 6.00. The van der Waals surface area contributed by atoms with Crippen molar-refractivity contribution in [3.05, 3.63) is 85.8 Å². The maximum absolute atomic E-state index is 11.8. The predicted molar refractivity (Wildman–Crippen MR) is 112 cm³/mol. The fourth-order valence-corrected chi connectivity index (χ4v) is 4.28. The van der Waals surface area contributed by atoms with Crippen molar-refractivity contribution in [2.45, 2.75) is 19.8 Å². The van der Waals surface area contributed by atoms with Crippen LogP contribution in [0.2, 0.25) is 0 Å². The molecular weight excluding hydrogens is 392 g/mol. The minimum atomic E-state index is -1.10. The molecule has 2 N–H and O–H groups in total. The summed E-state index contributed by atoms with van der Waals surface area (Å²) in [5, 5.41) is 30.8. The number of carboxylic acids is 1. The van der Waals surface area contributed by atoms with E-state index in [0.29, 0.717) is 5.56 Å². The first-order valence-corrected chi connectivity index (χ1v) is 9.54. The van der Waals surface area contributed by atoms with Crippen LogP contribution in [-0.2, 0) is 0 Å². The van der Waals surface area contributed by atoms with E-state index in [-0.39, 0.29) is 33.5 Å². The Morgan fingerprint density at radius 3 is 2.55 bits per heavy atom. The van der Waals surface area contributed by atoms with E-state index in [4.69, 9.17) is 0 Å². The van der Waals surface area contributed by atoms with Crippen LogP contribution < -0.4 is 0 Å². The molecule has 0 aliphatic carbocycles. The van der Waals surface area contributed by atoms with Crippen LogP contribution in [0.4, 0.5) is 10.7 Å². The van der Waals surface area contributed by atoms with Crippen LogP contribution in [0.3, 0.4) is 0 Å². The number of aromatic carboxylic acids is 1. The van der Waals surface area contributed by atoms with Crippen LogP contribution in [0.25, 0.3) is 0 Å². The summed E-state index contributed by atoms with van der Waals surface area (Å²) in [6, 6.07) is 13.3. The second-order valence-corrected chi connectivity index (χ2v) is 7.50. The molecular formula is C21H18N2O5S. The van der Waals surface area contributed by atoms with Crippen molar-refractivity contribution >= 4 is 34.2 Å². The summed E-state index contributed by atoms with van der Waals surface area (Å²) in [5.41, 5.74) is 1.73. The minimum Gasteiger partial charge on any atom is -0.507 e. The van der Waals surface area contributed by atoms with Gasteiger partial charge in [0.25, 0.3) is 5.69 Å². The number of nitrogens with zero attached hydrogens (tertiary/aromatic N) is 2. The number of carbonyl (C=O) groups is 1. The molecule has 1 heterocycles. The highest BCUT2D eigenvalue weighted by Crippen LogP contribution is 2.41. The largest absolute Gasteiger partial charge is 0.507 e. The van der Waals surface area contributed by atoms with Crippen LogP contribution >= 0.6 is 11.3 Å². The zero-order chi connectivity index (χ0) is 21.1. The van der Waals surface area contributed by atoms with Crippen LogP contribution in [0.5, 0.6) is 5.75 Å². The third-order valence-electron chi connectivity index (χ3n) is 4.61. The zero-order valence-electron chi connectivity index (χ0n) is 15.7. The lowest BCUT2D eigenvalue weighted by Crippen LogP contribution is -2.00. The molecule has 148 valence electrons. The summed E-state index contributed by atoms with van der Waals surface area (Å²) in [6.45, 7) is 3.75. The Morgan fingerprint density at radius 1 is 1.24 bits per heavy atom. The molecule has 1 aromatic heterocycles. The van der Waals surface area contributed by atoms with Gasteiger partial charge in [0.2, 0.25) is 0 Å². The number of benzene rings is 2. The highest BCUT2D eigenvalue weighted by Gasteiger charge is 2.24. The van der Waals surface area contributed by atoms with Gasteiger partial charge in [-0.05, 0) is 24.1 Å². The SMILES string of the molecule is Cc1c(C(C)c2ccccc2)sc(N=Cc2cc([N+](=O)[O-])ccc2O)c1C(=O)O. The van der Waals surface area contributed by atoms with Gasteiger partial charge in [-0.25, -0.2) is 9.79 Å². The molecule has 8 heteroatoms. The number of phenolic OH excluding ortho intramolecular Hbond substituents is 1. The highest BCUT2D eigenvalue weighted by atomic mass is 32.1. The van der Waals surface area contributed by atoms with Gasteiger partial charge in [0.15, 0.2) is 0 Å². The lowest BCUT2D eigenvalue weighted by molar-refractivity contribution is -0.384. The van der Waals surface area contributed by atoms with E-state index in [2.05, 4.69) is 4.99 Å². The maximum Gasteiger partial charge on any atom is 0.339 e. The van der Waals surface area contributed by atoms with Crippen molar-refractivity contribution in [2.24, 2.45) is 4.99 Å². The van der Waals surface area contributed by atoms with E-state index < -0.39 is 10.9 Å². The van der Waals surface area contributed by atoms with Crippen molar-refractivity contribution in [1.82, 2.24) is 0 Å². The topological polar surface area (TPSA) is 113 Å². The first kappa shape index (κ1) is 20.2. The van der Waals surface area contributed by atoms with Crippen LogP contribution in [0.1, 0.15) is 44.8 Å². The Hall–Kier alpha value is -3.52. The normalized spacial score (nSPS) is 12.2. The molecule has 0 saturated carbocycles. The molecule has 2 aromatic carbocycles. The third kappa shape index (κ3) is 4.17. The molecule has 0 bridgehead atoms. The second kappa shape index (κ2) is 8.24. The minimum absolute atomic E-state index is 0.0190. The average Bonchev–Trinajstić information content (AvgIpc) is 3.03. The highest BCUT2D eigenvalue weighted by molar-refractivity contribution is 7.16. The Morgan fingerprint density at radius 2 is 1.93 bits per heavy atom. The first-order valence-electron chi connectivity index (χ1n) is 8.72. The molecule has 29 heavy (non-hydrogen) atoms. The number of nitro benzene ring substituents is 1. The van der Waals surface area contributed by atoms with Gasteiger partial charge in [0.05, 0.1) is 10.5 Å². The second-order valence-electron chi connectivity index (χ2n) is 6.47. The first-order chi connectivity index (χ1) is 13.8. The standard InChI is InChI=1S/C21H18N2O5S/c1-12(14-6-4-3-5-7-14)19-13(2)18(21(25)26)20(29-19)22-11-15-10-16(23(27)28)8-9-17(15)24/h3-12,24H,1-2H3,(H,25,26). The van der Waals surface area contributed by atoms with E-state index in [0.717, 1.165) is 10.4 Å². The number of aromatic hydroxyl groups is 1. The molecule has 0 amide bonds. The Bertz CT molecular complexity index is 1110. The predicted octanol–water partition coefficient (Wildman–Crippen LogP) is 5.27. The van der Waals surface area contributed by atoms with Crippen LogP contribution in [-0.4, -0.2) is 27.3 Å². The number of carboxylic acid groups (broad SMARTS) is 1. The molecule has 7 nitrogen and oxygen atoms in total. The van der Waals surface area contributed by atoms with Crippen molar-refractivity contribution < 1.29 is 19.9 Å². The summed E-state index contributed by atoms with van der Waals surface area (Å²) >= 11 is 1.26. The molecule has 0 saturated heterocycles. The van der Waals surface area contributed by atoms with E-state index in [1.165, 1.54) is 35.8 Å². The van der Waals surface area contributed by atoms with Gasteiger partial charge in [-0.3, -0.25) is 10.1 Å². The molecule has 0 aliphatic rings. The molecule has 0 fully saturated rings. The lowest BCUT2D eigenvalue weighted by Gasteiger charge is -2.11. The quantitative estimate of drug-likeness (QED) is 0.326. The number of non-ortho nitro benzene ring substituents is 1. The van der Waals surface area contributed by atoms with E-state index in [1.807, 2.05) is 37.3 Å². The number of aliphatic imine (C=N–C) groups is 1. The van der Waals surface area contributed by atoms with Gasteiger partial charge in [0, 0.05) is 34.7 Å². The Kier molecular flexibility index (Phi) is 5.74. The lowest BCUT2D eigenvalue weighted by atomic mass is 9.96. The molecule has 1 atom stereocenters. The molecule has 0 aliphatic heterocycles. The van der Waals surface area contributed by atoms with Crippen molar-refractivity contribution in [3.8, 4) is 5.75 Å². The number of rotatable bonds is 6. The van der Waals surface area contributed by atoms with Gasteiger partial charge >= 0.3 is 5.97 Å². The number of hydrogen-bond donors (Lipinski definition) is 2. The molecule has 3 aromatic rings. The molecule has 0 radical (unpaired) electrons. The summed E-state index contributed by atoms with van der Waals surface area (Å²) in [5.74, 6) is -1.29. The number of nitro groups is 1. The molecule has 1 unspecified atom stereocenters. The molecule has 0 spiro atoms. The van der Waals surface area contributed by atoms with Gasteiger partial charge in [0.1, 0.15) is 10.8 Å². The van der Waals surface area contributed by atoms with Crippen molar-refractivity contribution in [2.75, 3.05) is 0 Å². The van der Waals surface area contributed by atoms with Gasteiger partial charge in [-0.1, -0.05) is 37.3 Å². The summed E-state index contributed by atoms with van der Waals surface area (Å²) in [6.07, 6.45) is 1.25. The Balaban J connectivity index is 2.04. The smallest absolute Gasteiger partial charge is 0.339 e. The van der Waals surface area contributed by atoms with Crippen LogP contribution in [0, 0.1) is 17.0 Å².